The molecular formula is C16H20N4O2S. The van der Waals surface area contributed by atoms with Gasteiger partial charge in [0.25, 0.3) is 0 Å². The van der Waals surface area contributed by atoms with Crippen molar-refractivity contribution in [1.82, 2.24) is 15.3 Å². The van der Waals surface area contributed by atoms with Crippen LogP contribution in [-0.2, 0) is 9.53 Å². The van der Waals surface area contributed by atoms with E-state index in [1.165, 1.54) is 0 Å². The van der Waals surface area contributed by atoms with Gasteiger partial charge in [-0.05, 0) is 37.1 Å². The molecule has 122 valence electrons. The number of carbonyl (C=O) groups excluding carboxylic acids is 1. The van der Waals surface area contributed by atoms with E-state index in [1.54, 1.807) is 17.7 Å². The lowest BCUT2D eigenvalue weighted by Gasteiger charge is -2.25. The summed E-state index contributed by atoms with van der Waals surface area (Å²) in [7, 11) is 0. The Labute approximate surface area is 138 Å². The maximum absolute atomic E-state index is 12.6. The molecular weight excluding hydrogens is 312 g/mol. The summed E-state index contributed by atoms with van der Waals surface area (Å²) in [4.78, 5) is 24.5. The minimum absolute atomic E-state index is 0.0833. The highest BCUT2D eigenvalue weighted by Crippen LogP contribution is 2.31. The normalized spacial score (nSPS) is 24.4. The maximum Gasteiger partial charge on any atom is 0.242 e. The molecule has 2 aromatic rings. The lowest BCUT2D eigenvalue weighted by Crippen LogP contribution is -2.45. The van der Waals surface area contributed by atoms with Crippen LogP contribution in [0.2, 0.25) is 0 Å². The van der Waals surface area contributed by atoms with Crippen LogP contribution in [0.3, 0.4) is 0 Å². The molecule has 6 nitrogen and oxygen atoms in total. The number of anilines is 1. The summed E-state index contributed by atoms with van der Waals surface area (Å²) in [6.45, 7) is 2.29. The number of aromatic nitrogens is 2. The molecule has 2 aliphatic heterocycles. The Hall–Kier alpha value is -1.73. The highest BCUT2D eigenvalue weighted by Gasteiger charge is 2.33. The van der Waals surface area contributed by atoms with Gasteiger partial charge in [-0.1, -0.05) is 0 Å². The molecule has 2 aliphatic rings. The van der Waals surface area contributed by atoms with Gasteiger partial charge in [-0.2, -0.15) is 0 Å². The van der Waals surface area contributed by atoms with Crippen molar-refractivity contribution in [2.75, 3.05) is 24.6 Å². The summed E-state index contributed by atoms with van der Waals surface area (Å²) in [5.41, 5.74) is 0. The SMILES string of the molecule is O=C(NCC1CCCO1)C1CCCN1c1ncnc2sccc12. The number of hydrogen-bond donors (Lipinski definition) is 1. The smallest absolute Gasteiger partial charge is 0.242 e. The van der Waals surface area contributed by atoms with Crippen molar-refractivity contribution in [3.05, 3.63) is 17.8 Å². The van der Waals surface area contributed by atoms with Gasteiger partial charge < -0.3 is 15.0 Å². The van der Waals surface area contributed by atoms with Gasteiger partial charge in [-0.25, -0.2) is 9.97 Å². The predicted molar refractivity (Wildman–Crippen MR) is 89.8 cm³/mol. The number of thiophene rings is 1. The van der Waals surface area contributed by atoms with Crippen molar-refractivity contribution in [2.45, 2.75) is 37.8 Å². The fourth-order valence-electron chi connectivity index (χ4n) is 3.44. The molecule has 0 spiro atoms. The van der Waals surface area contributed by atoms with Gasteiger partial charge in [0, 0.05) is 19.7 Å². The molecule has 0 radical (unpaired) electrons. The molecule has 0 bridgehead atoms. The Kier molecular flexibility index (Phi) is 4.13. The second kappa shape index (κ2) is 6.41. The van der Waals surface area contributed by atoms with Crippen LogP contribution in [0.4, 0.5) is 5.82 Å². The second-order valence-corrected chi connectivity index (χ2v) is 6.96. The van der Waals surface area contributed by atoms with E-state index in [1.807, 2.05) is 11.4 Å². The molecule has 2 aromatic heterocycles. The summed E-state index contributed by atoms with van der Waals surface area (Å²) in [6, 6.07) is 1.89. The third-order valence-corrected chi connectivity index (χ3v) is 5.42. The molecule has 4 heterocycles. The minimum Gasteiger partial charge on any atom is -0.376 e. The maximum atomic E-state index is 12.6. The lowest BCUT2D eigenvalue weighted by molar-refractivity contribution is -0.122. The van der Waals surface area contributed by atoms with Crippen molar-refractivity contribution in [1.29, 1.82) is 0 Å². The quantitative estimate of drug-likeness (QED) is 0.927. The van der Waals surface area contributed by atoms with Crippen LogP contribution in [-0.4, -0.2) is 47.7 Å². The molecule has 1 amide bonds. The first-order valence-corrected chi connectivity index (χ1v) is 9.05. The first-order valence-electron chi connectivity index (χ1n) is 8.17. The third kappa shape index (κ3) is 2.90. The van der Waals surface area contributed by atoms with Gasteiger partial charge in [0.1, 0.15) is 23.0 Å². The zero-order chi connectivity index (χ0) is 15.6. The van der Waals surface area contributed by atoms with E-state index < -0.39 is 0 Å². The molecule has 2 atom stereocenters. The van der Waals surface area contributed by atoms with Gasteiger partial charge in [-0.3, -0.25) is 4.79 Å². The summed E-state index contributed by atoms with van der Waals surface area (Å²) in [5.74, 6) is 0.964. The van der Waals surface area contributed by atoms with Gasteiger partial charge in [-0.15, -0.1) is 11.3 Å². The van der Waals surface area contributed by atoms with Crippen molar-refractivity contribution >= 4 is 33.3 Å². The standard InChI is InChI=1S/C16H20N4O2S/c21-15(17-9-11-3-2-7-22-11)13-4-1-6-20(13)14-12-5-8-23-16(12)19-10-18-14/h5,8,10-11,13H,1-4,6-7,9H2,(H,17,21). The third-order valence-electron chi connectivity index (χ3n) is 4.60. The molecule has 0 saturated carbocycles. The fourth-order valence-corrected chi connectivity index (χ4v) is 4.16. The van der Waals surface area contributed by atoms with Gasteiger partial charge >= 0.3 is 0 Å². The Morgan fingerprint density at radius 3 is 3.22 bits per heavy atom. The average molecular weight is 332 g/mol. The number of nitrogens with one attached hydrogen (secondary N) is 1. The van der Waals surface area contributed by atoms with Crippen LogP contribution in [0.5, 0.6) is 0 Å². The molecule has 23 heavy (non-hydrogen) atoms. The van der Waals surface area contributed by atoms with E-state index in [9.17, 15) is 4.79 Å². The number of hydrogen-bond acceptors (Lipinski definition) is 6. The van der Waals surface area contributed by atoms with Crippen LogP contribution in [0.25, 0.3) is 10.2 Å². The van der Waals surface area contributed by atoms with E-state index in [2.05, 4.69) is 20.2 Å². The van der Waals surface area contributed by atoms with Crippen molar-refractivity contribution in [3.8, 4) is 0 Å². The largest absolute Gasteiger partial charge is 0.376 e. The van der Waals surface area contributed by atoms with E-state index >= 15 is 0 Å². The van der Waals surface area contributed by atoms with E-state index in [-0.39, 0.29) is 18.1 Å². The average Bonchev–Trinajstić information content (AvgIpc) is 3.32. The van der Waals surface area contributed by atoms with Crippen molar-refractivity contribution < 1.29 is 9.53 Å². The highest BCUT2D eigenvalue weighted by molar-refractivity contribution is 7.16. The number of ether oxygens (including phenoxy) is 1. The molecule has 2 fully saturated rings. The zero-order valence-electron chi connectivity index (χ0n) is 12.9. The zero-order valence-corrected chi connectivity index (χ0v) is 13.7. The van der Waals surface area contributed by atoms with Crippen LogP contribution < -0.4 is 10.2 Å². The van der Waals surface area contributed by atoms with Crippen LogP contribution >= 0.6 is 11.3 Å². The highest BCUT2D eigenvalue weighted by atomic mass is 32.1. The summed E-state index contributed by atoms with van der Waals surface area (Å²) in [5, 5.41) is 6.12. The molecule has 2 saturated heterocycles. The van der Waals surface area contributed by atoms with Gasteiger partial charge in [0.15, 0.2) is 0 Å². The first kappa shape index (κ1) is 14.8. The Morgan fingerprint density at radius 1 is 1.39 bits per heavy atom. The number of amides is 1. The summed E-state index contributed by atoms with van der Waals surface area (Å²) < 4.78 is 5.58. The number of fused-ring (bicyclic) bond motifs is 1. The molecule has 0 aliphatic carbocycles. The number of rotatable bonds is 4. The van der Waals surface area contributed by atoms with Crippen molar-refractivity contribution in [2.24, 2.45) is 0 Å². The lowest BCUT2D eigenvalue weighted by atomic mass is 10.2. The second-order valence-electron chi connectivity index (χ2n) is 6.07. The minimum atomic E-state index is -0.144. The van der Waals surface area contributed by atoms with Gasteiger partial charge in [0.05, 0.1) is 11.5 Å². The topological polar surface area (TPSA) is 67.3 Å². The molecule has 7 heteroatoms. The van der Waals surface area contributed by atoms with Crippen LogP contribution in [0.15, 0.2) is 17.8 Å². The van der Waals surface area contributed by atoms with E-state index in [4.69, 9.17) is 4.74 Å². The van der Waals surface area contributed by atoms with E-state index in [0.717, 1.165) is 54.9 Å². The van der Waals surface area contributed by atoms with Gasteiger partial charge in [0.2, 0.25) is 5.91 Å². The van der Waals surface area contributed by atoms with Crippen molar-refractivity contribution in [3.63, 3.8) is 0 Å². The molecule has 0 aromatic carbocycles. The summed E-state index contributed by atoms with van der Waals surface area (Å²) in [6.07, 6.45) is 5.77. The van der Waals surface area contributed by atoms with Crippen LogP contribution in [0, 0.1) is 0 Å². The molecule has 2 unspecified atom stereocenters. The first-order chi connectivity index (χ1) is 11.3. The Bertz CT molecular complexity index is 698. The number of nitrogens with zero attached hydrogens (tertiary/aromatic N) is 3. The Balaban J connectivity index is 1.49. The monoisotopic (exact) mass is 332 g/mol. The molecule has 1 N–H and O–H groups in total. The number of carbonyl (C=O) groups is 1. The molecule has 4 rings (SSSR count). The Morgan fingerprint density at radius 2 is 2.35 bits per heavy atom. The van der Waals surface area contributed by atoms with Crippen LogP contribution in [0.1, 0.15) is 25.7 Å². The fraction of sp³-hybridized carbons (Fsp3) is 0.562. The predicted octanol–water partition coefficient (Wildman–Crippen LogP) is 1.96. The van der Waals surface area contributed by atoms with E-state index in [0.29, 0.717) is 6.54 Å². The summed E-state index contributed by atoms with van der Waals surface area (Å²) >= 11 is 1.60.